The van der Waals surface area contributed by atoms with Gasteiger partial charge in [0.25, 0.3) is 5.91 Å². The van der Waals surface area contributed by atoms with Crippen molar-refractivity contribution in [3.63, 3.8) is 0 Å². The summed E-state index contributed by atoms with van der Waals surface area (Å²) in [5, 5.41) is 11.8. The van der Waals surface area contributed by atoms with Gasteiger partial charge >= 0.3 is 6.18 Å². The maximum absolute atomic E-state index is 12.1. The Kier molecular flexibility index (Phi) is 5.23. The lowest BCUT2D eigenvalue weighted by Crippen LogP contribution is -2.37. The number of nitrogens with zero attached hydrogens (tertiary/aromatic N) is 1. The van der Waals surface area contributed by atoms with Gasteiger partial charge in [-0.1, -0.05) is 0 Å². The monoisotopic (exact) mass is 318 g/mol. The number of aliphatic hydroxyl groups excluding tert-OH is 1. The van der Waals surface area contributed by atoms with Crippen molar-refractivity contribution >= 4 is 5.91 Å². The van der Waals surface area contributed by atoms with Crippen LogP contribution in [0.3, 0.4) is 0 Å². The molecule has 1 amide bonds. The first-order chi connectivity index (χ1) is 10.4. The van der Waals surface area contributed by atoms with E-state index in [-0.39, 0.29) is 24.1 Å². The number of hydrogen-bond acceptors (Lipinski definition) is 4. The van der Waals surface area contributed by atoms with Gasteiger partial charge in [0.05, 0.1) is 0 Å². The molecule has 1 unspecified atom stereocenters. The Balaban J connectivity index is 1.97. The van der Waals surface area contributed by atoms with Gasteiger partial charge in [-0.2, -0.15) is 13.2 Å². The topological polar surface area (TPSA) is 71.5 Å². The molecule has 1 heterocycles. The van der Waals surface area contributed by atoms with Crippen molar-refractivity contribution in [2.75, 3.05) is 13.2 Å². The minimum Gasteiger partial charge on any atom is -0.468 e. The summed E-state index contributed by atoms with van der Waals surface area (Å²) in [4.78, 5) is 15.8. The number of aromatic nitrogens is 1. The van der Waals surface area contributed by atoms with Crippen LogP contribution >= 0.6 is 0 Å². The lowest BCUT2D eigenvalue weighted by molar-refractivity contribution is -0.154. The Hall–Kier alpha value is -1.83. The Morgan fingerprint density at radius 1 is 1.50 bits per heavy atom. The second kappa shape index (κ2) is 6.95. The van der Waals surface area contributed by atoms with E-state index in [0.29, 0.717) is 12.3 Å². The van der Waals surface area contributed by atoms with E-state index in [4.69, 9.17) is 5.11 Å². The summed E-state index contributed by atoms with van der Waals surface area (Å²) < 4.78 is 40.8. The Labute approximate surface area is 125 Å². The third-order valence-corrected chi connectivity index (χ3v) is 3.33. The van der Waals surface area contributed by atoms with Crippen molar-refractivity contribution in [1.82, 2.24) is 10.3 Å². The van der Waals surface area contributed by atoms with Gasteiger partial charge in [0.2, 0.25) is 5.88 Å². The molecule has 1 aromatic rings. The summed E-state index contributed by atoms with van der Waals surface area (Å²) in [6, 6.07) is 2.45. The van der Waals surface area contributed by atoms with Gasteiger partial charge in [-0.3, -0.25) is 4.79 Å². The number of carbonyl (C=O) groups is 1. The molecular formula is C14H17F3N2O3. The van der Waals surface area contributed by atoms with Crippen LogP contribution in [0.5, 0.6) is 5.88 Å². The van der Waals surface area contributed by atoms with Gasteiger partial charge in [-0.05, 0) is 31.2 Å². The molecule has 1 aromatic heterocycles. The number of pyridine rings is 1. The van der Waals surface area contributed by atoms with Gasteiger partial charge in [0, 0.05) is 30.5 Å². The summed E-state index contributed by atoms with van der Waals surface area (Å²) >= 11 is 0. The van der Waals surface area contributed by atoms with E-state index in [0.717, 1.165) is 12.8 Å². The van der Waals surface area contributed by atoms with Gasteiger partial charge in [-0.25, -0.2) is 4.98 Å². The summed E-state index contributed by atoms with van der Waals surface area (Å²) in [7, 11) is 0. The lowest BCUT2D eigenvalue weighted by Gasteiger charge is -2.17. The zero-order valence-corrected chi connectivity index (χ0v) is 11.8. The molecule has 2 N–H and O–H groups in total. The highest BCUT2D eigenvalue weighted by Crippen LogP contribution is 2.34. The predicted molar refractivity (Wildman–Crippen MR) is 71.5 cm³/mol. The Morgan fingerprint density at radius 2 is 2.23 bits per heavy atom. The molecule has 1 aliphatic carbocycles. The van der Waals surface area contributed by atoms with Crippen LogP contribution in [0.1, 0.15) is 29.6 Å². The number of nitrogens with one attached hydrogen (secondary N) is 1. The van der Waals surface area contributed by atoms with E-state index in [9.17, 15) is 18.0 Å². The van der Waals surface area contributed by atoms with Crippen LogP contribution in [0.2, 0.25) is 0 Å². The fraction of sp³-hybridized carbons (Fsp3) is 0.571. The van der Waals surface area contributed by atoms with Gasteiger partial charge in [0.15, 0.2) is 6.61 Å². The Bertz CT molecular complexity index is 518. The minimum atomic E-state index is -4.46. The molecule has 0 saturated heterocycles. The van der Waals surface area contributed by atoms with E-state index >= 15 is 0 Å². The summed E-state index contributed by atoms with van der Waals surface area (Å²) in [5.74, 6) is -0.307. The first-order valence-electron chi connectivity index (χ1n) is 6.96. The first-order valence-corrected chi connectivity index (χ1v) is 6.96. The second-order valence-corrected chi connectivity index (χ2v) is 5.22. The van der Waals surface area contributed by atoms with Crippen LogP contribution in [0.15, 0.2) is 18.3 Å². The minimum absolute atomic E-state index is 0.0300. The maximum Gasteiger partial charge on any atom is 0.422 e. The molecule has 122 valence electrons. The highest BCUT2D eigenvalue weighted by molar-refractivity contribution is 5.94. The Morgan fingerprint density at radius 3 is 2.82 bits per heavy atom. The van der Waals surface area contributed by atoms with Crippen molar-refractivity contribution < 1.29 is 27.8 Å². The standard InChI is InChI=1S/C14H17F3N2O3/c15-14(16,17)8-22-12-7-10(3-5-18-12)13(21)19-11(4-6-20)9-1-2-9/h3,5,7,9,11,20H,1-2,4,6,8H2,(H,19,21). The zero-order valence-electron chi connectivity index (χ0n) is 11.8. The van der Waals surface area contributed by atoms with Crippen molar-refractivity contribution in [1.29, 1.82) is 0 Å². The highest BCUT2D eigenvalue weighted by atomic mass is 19.4. The van der Waals surface area contributed by atoms with Crippen molar-refractivity contribution in [2.24, 2.45) is 5.92 Å². The van der Waals surface area contributed by atoms with Crippen molar-refractivity contribution in [2.45, 2.75) is 31.5 Å². The molecule has 1 aliphatic rings. The summed E-state index contributed by atoms with van der Waals surface area (Å²) in [5.41, 5.74) is 0.177. The van der Waals surface area contributed by atoms with Gasteiger partial charge in [-0.15, -0.1) is 0 Å². The summed E-state index contributed by atoms with van der Waals surface area (Å²) in [6.45, 7) is -1.49. The molecule has 8 heteroatoms. The fourth-order valence-electron chi connectivity index (χ4n) is 2.10. The quantitative estimate of drug-likeness (QED) is 0.806. The van der Waals surface area contributed by atoms with Crippen molar-refractivity contribution in [3.8, 4) is 5.88 Å². The molecule has 0 radical (unpaired) electrons. The van der Waals surface area contributed by atoms with Crippen molar-refractivity contribution in [3.05, 3.63) is 23.9 Å². The van der Waals surface area contributed by atoms with Crippen LogP contribution in [-0.4, -0.2) is 41.4 Å². The van der Waals surface area contributed by atoms with E-state index in [2.05, 4.69) is 15.0 Å². The average molecular weight is 318 g/mol. The van der Waals surface area contributed by atoms with Crippen LogP contribution < -0.4 is 10.1 Å². The number of hydrogen-bond donors (Lipinski definition) is 2. The number of halogens is 3. The van der Waals surface area contributed by atoms with Crippen LogP contribution in [0, 0.1) is 5.92 Å². The van der Waals surface area contributed by atoms with E-state index < -0.39 is 18.7 Å². The molecule has 1 saturated carbocycles. The number of ether oxygens (including phenoxy) is 1. The van der Waals surface area contributed by atoms with Crippen LogP contribution in [-0.2, 0) is 0 Å². The number of aliphatic hydroxyl groups is 1. The zero-order chi connectivity index (χ0) is 16.2. The molecular weight excluding hydrogens is 301 g/mol. The van der Waals surface area contributed by atoms with E-state index in [1.165, 1.54) is 18.3 Å². The van der Waals surface area contributed by atoms with Gasteiger partial charge in [0.1, 0.15) is 0 Å². The SMILES string of the molecule is O=C(NC(CCO)C1CC1)c1ccnc(OCC(F)(F)F)c1. The smallest absolute Gasteiger partial charge is 0.422 e. The second-order valence-electron chi connectivity index (χ2n) is 5.22. The normalized spacial score (nSPS) is 16.2. The molecule has 0 spiro atoms. The lowest BCUT2D eigenvalue weighted by atomic mass is 10.1. The predicted octanol–water partition coefficient (Wildman–Crippen LogP) is 1.91. The number of amides is 1. The van der Waals surface area contributed by atoms with Crippen LogP contribution in [0.25, 0.3) is 0 Å². The highest BCUT2D eigenvalue weighted by Gasteiger charge is 2.32. The van der Waals surface area contributed by atoms with Gasteiger partial charge < -0.3 is 15.2 Å². The summed E-state index contributed by atoms with van der Waals surface area (Å²) in [6.07, 6.45) is -0.779. The third-order valence-electron chi connectivity index (χ3n) is 3.33. The van der Waals surface area contributed by atoms with E-state index in [1.807, 2.05) is 0 Å². The molecule has 1 fully saturated rings. The molecule has 0 aliphatic heterocycles. The third kappa shape index (κ3) is 5.18. The molecule has 0 aromatic carbocycles. The molecule has 0 bridgehead atoms. The molecule has 2 rings (SSSR count). The van der Waals surface area contributed by atoms with E-state index in [1.54, 1.807) is 0 Å². The maximum atomic E-state index is 12.1. The van der Waals surface area contributed by atoms with Crippen LogP contribution in [0.4, 0.5) is 13.2 Å². The number of rotatable bonds is 7. The molecule has 5 nitrogen and oxygen atoms in total. The molecule has 22 heavy (non-hydrogen) atoms. The molecule has 1 atom stereocenters. The first kappa shape index (κ1) is 16.5. The number of alkyl halides is 3. The average Bonchev–Trinajstić information content (AvgIpc) is 3.29. The largest absolute Gasteiger partial charge is 0.468 e. The fourth-order valence-corrected chi connectivity index (χ4v) is 2.10. The number of carbonyl (C=O) groups excluding carboxylic acids is 1.